The van der Waals surface area contributed by atoms with Gasteiger partial charge in [0.2, 0.25) is 5.91 Å². The van der Waals surface area contributed by atoms with Crippen LogP contribution in [0.4, 0.5) is 5.69 Å². The third kappa shape index (κ3) is 4.03. The van der Waals surface area contributed by atoms with Crippen LogP contribution >= 0.6 is 0 Å². The van der Waals surface area contributed by atoms with Crippen molar-refractivity contribution in [3.8, 4) is 11.5 Å². The molecule has 5 nitrogen and oxygen atoms in total. The van der Waals surface area contributed by atoms with Crippen LogP contribution < -0.4 is 14.8 Å². The average Bonchev–Trinajstić information content (AvgIpc) is 2.52. The van der Waals surface area contributed by atoms with Gasteiger partial charge in [0, 0.05) is 19.2 Å². The molecule has 1 aliphatic heterocycles. The molecule has 5 heteroatoms. The van der Waals surface area contributed by atoms with Crippen LogP contribution in [0.25, 0.3) is 0 Å². The van der Waals surface area contributed by atoms with E-state index in [4.69, 9.17) is 9.47 Å². The molecular formula is C16H24N2O3. The van der Waals surface area contributed by atoms with Crippen molar-refractivity contribution in [1.29, 1.82) is 0 Å². The van der Waals surface area contributed by atoms with E-state index in [0.29, 0.717) is 5.75 Å². The van der Waals surface area contributed by atoms with Crippen molar-refractivity contribution in [2.75, 3.05) is 39.2 Å². The number of likely N-dealkylation sites (tertiary alicyclic amines) is 1. The highest BCUT2D eigenvalue weighted by Crippen LogP contribution is 2.28. The van der Waals surface area contributed by atoms with E-state index in [2.05, 4.69) is 12.2 Å². The molecule has 1 aromatic rings. The van der Waals surface area contributed by atoms with Crippen LogP contribution in [-0.2, 0) is 4.79 Å². The second kappa shape index (κ2) is 7.20. The molecule has 1 aromatic carbocycles. The molecule has 0 bridgehead atoms. The van der Waals surface area contributed by atoms with Crippen LogP contribution in [0, 0.1) is 5.92 Å². The number of nitrogens with one attached hydrogen (secondary N) is 1. The van der Waals surface area contributed by atoms with Crippen molar-refractivity contribution in [3.63, 3.8) is 0 Å². The molecule has 1 amide bonds. The van der Waals surface area contributed by atoms with Gasteiger partial charge in [-0.05, 0) is 30.9 Å². The van der Waals surface area contributed by atoms with Crippen LogP contribution in [0.2, 0.25) is 0 Å². The van der Waals surface area contributed by atoms with E-state index in [9.17, 15) is 4.79 Å². The second-order valence-electron chi connectivity index (χ2n) is 5.48. The number of ether oxygens (including phenoxy) is 2. The summed E-state index contributed by atoms with van der Waals surface area (Å²) in [6.45, 7) is 4.23. The minimum atomic E-state index is 0.131. The summed E-state index contributed by atoms with van der Waals surface area (Å²) >= 11 is 0. The van der Waals surface area contributed by atoms with E-state index in [-0.39, 0.29) is 12.5 Å². The van der Waals surface area contributed by atoms with Gasteiger partial charge in [-0.3, -0.25) is 4.79 Å². The van der Waals surface area contributed by atoms with E-state index in [1.165, 1.54) is 0 Å². The Morgan fingerprint density at radius 1 is 1.29 bits per heavy atom. The number of benzene rings is 1. The summed E-state index contributed by atoms with van der Waals surface area (Å²) < 4.78 is 10.5. The number of methoxy groups -OCH3 is 2. The summed E-state index contributed by atoms with van der Waals surface area (Å²) in [5.41, 5.74) is 0.774. The molecule has 0 spiro atoms. The first-order valence-corrected chi connectivity index (χ1v) is 7.37. The molecule has 1 saturated heterocycles. The second-order valence-corrected chi connectivity index (χ2v) is 5.48. The van der Waals surface area contributed by atoms with Crippen LogP contribution in [0.5, 0.6) is 11.5 Å². The lowest BCUT2D eigenvalue weighted by Gasteiger charge is -2.30. The Morgan fingerprint density at radius 2 is 2.00 bits per heavy atom. The van der Waals surface area contributed by atoms with Gasteiger partial charge in [-0.1, -0.05) is 6.92 Å². The van der Waals surface area contributed by atoms with Gasteiger partial charge in [0.1, 0.15) is 11.5 Å². The topological polar surface area (TPSA) is 50.8 Å². The van der Waals surface area contributed by atoms with Crippen LogP contribution in [0.1, 0.15) is 19.8 Å². The molecule has 1 N–H and O–H groups in total. The number of hydrogen-bond acceptors (Lipinski definition) is 4. The molecule has 1 fully saturated rings. The van der Waals surface area contributed by atoms with Crippen molar-refractivity contribution in [1.82, 2.24) is 4.90 Å². The van der Waals surface area contributed by atoms with Crippen molar-refractivity contribution < 1.29 is 14.3 Å². The number of rotatable bonds is 5. The molecule has 0 aliphatic carbocycles. The number of piperidine rings is 1. The summed E-state index contributed by atoms with van der Waals surface area (Å²) in [5, 5.41) is 3.15. The van der Waals surface area contributed by atoms with Crippen LogP contribution in [0.15, 0.2) is 18.2 Å². The molecule has 0 radical (unpaired) electrons. The predicted molar refractivity (Wildman–Crippen MR) is 83.0 cm³/mol. The monoisotopic (exact) mass is 292 g/mol. The normalized spacial score (nSPS) is 15.7. The molecule has 1 aliphatic rings. The zero-order valence-electron chi connectivity index (χ0n) is 13.0. The van der Waals surface area contributed by atoms with Crippen molar-refractivity contribution >= 4 is 11.6 Å². The van der Waals surface area contributed by atoms with E-state index < -0.39 is 0 Å². The fourth-order valence-corrected chi connectivity index (χ4v) is 2.49. The first kappa shape index (κ1) is 15.5. The van der Waals surface area contributed by atoms with Gasteiger partial charge < -0.3 is 19.7 Å². The molecule has 0 saturated carbocycles. The molecule has 116 valence electrons. The third-order valence-corrected chi connectivity index (χ3v) is 3.97. The minimum Gasteiger partial charge on any atom is -0.497 e. The van der Waals surface area contributed by atoms with Crippen molar-refractivity contribution in [3.05, 3.63) is 18.2 Å². The maximum Gasteiger partial charge on any atom is 0.241 e. The fraction of sp³-hybridized carbons (Fsp3) is 0.562. The fourth-order valence-electron chi connectivity index (χ4n) is 2.49. The van der Waals surface area contributed by atoms with Gasteiger partial charge in [-0.15, -0.1) is 0 Å². The molecule has 0 atom stereocenters. The Balaban J connectivity index is 1.94. The zero-order valence-corrected chi connectivity index (χ0v) is 13.0. The number of anilines is 1. The van der Waals surface area contributed by atoms with Gasteiger partial charge in [0.25, 0.3) is 0 Å². The number of carbonyl (C=O) groups excluding carboxylic acids is 1. The number of amides is 1. The minimum absolute atomic E-state index is 0.131. The zero-order chi connectivity index (χ0) is 15.2. The summed E-state index contributed by atoms with van der Waals surface area (Å²) in [6, 6.07) is 5.50. The highest BCUT2D eigenvalue weighted by molar-refractivity contribution is 5.81. The Bertz CT molecular complexity index is 482. The lowest BCUT2D eigenvalue weighted by atomic mass is 9.99. The van der Waals surface area contributed by atoms with Gasteiger partial charge in [0.05, 0.1) is 26.5 Å². The van der Waals surface area contributed by atoms with Crippen LogP contribution in [-0.4, -0.2) is 44.7 Å². The summed E-state index contributed by atoms with van der Waals surface area (Å²) in [4.78, 5) is 14.2. The third-order valence-electron chi connectivity index (χ3n) is 3.97. The first-order valence-electron chi connectivity index (χ1n) is 7.37. The number of carbonyl (C=O) groups is 1. The first-order chi connectivity index (χ1) is 10.1. The van der Waals surface area contributed by atoms with Crippen LogP contribution in [0.3, 0.4) is 0 Å². The number of nitrogens with zero attached hydrogens (tertiary/aromatic N) is 1. The maximum atomic E-state index is 12.2. The predicted octanol–water partition coefficient (Wildman–Crippen LogP) is 2.37. The van der Waals surface area contributed by atoms with Gasteiger partial charge in [-0.25, -0.2) is 0 Å². The number of hydrogen-bond donors (Lipinski definition) is 1. The lowest BCUT2D eigenvalue weighted by molar-refractivity contribution is -0.130. The molecule has 0 aromatic heterocycles. The van der Waals surface area contributed by atoms with Crippen molar-refractivity contribution in [2.45, 2.75) is 19.8 Å². The Hall–Kier alpha value is -1.91. The summed E-state index contributed by atoms with van der Waals surface area (Å²) in [5.74, 6) is 2.29. The molecule has 0 unspecified atom stereocenters. The summed E-state index contributed by atoms with van der Waals surface area (Å²) in [6.07, 6.45) is 2.18. The molecule has 2 rings (SSSR count). The Morgan fingerprint density at radius 3 is 2.62 bits per heavy atom. The van der Waals surface area contributed by atoms with Gasteiger partial charge in [-0.2, -0.15) is 0 Å². The Labute approximate surface area is 126 Å². The maximum absolute atomic E-state index is 12.2. The highest BCUT2D eigenvalue weighted by atomic mass is 16.5. The van der Waals surface area contributed by atoms with E-state index >= 15 is 0 Å². The van der Waals surface area contributed by atoms with E-state index in [1.54, 1.807) is 14.2 Å². The van der Waals surface area contributed by atoms with Gasteiger partial charge >= 0.3 is 0 Å². The largest absolute Gasteiger partial charge is 0.497 e. The standard InChI is InChI=1S/C16H24N2O3/c1-12-6-8-18(9-7-12)16(19)11-17-14-10-13(20-2)4-5-15(14)21-3/h4-5,10,12,17H,6-9,11H2,1-3H3. The molecule has 1 heterocycles. The lowest BCUT2D eigenvalue weighted by Crippen LogP contribution is -2.40. The van der Waals surface area contributed by atoms with Crippen molar-refractivity contribution in [2.24, 2.45) is 5.92 Å². The van der Waals surface area contributed by atoms with Gasteiger partial charge in [0.15, 0.2) is 0 Å². The SMILES string of the molecule is COc1ccc(OC)c(NCC(=O)N2CCC(C)CC2)c1. The average molecular weight is 292 g/mol. The highest BCUT2D eigenvalue weighted by Gasteiger charge is 2.20. The Kier molecular flexibility index (Phi) is 5.31. The quantitative estimate of drug-likeness (QED) is 0.905. The smallest absolute Gasteiger partial charge is 0.241 e. The summed E-state index contributed by atoms with van der Waals surface area (Å²) in [7, 11) is 3.23. The van der Waals surface area contributed by atoms with E-state index in [1.807, 2.05) is 23.1 Å². The molecule has 21 heavy (non-hydrogen) atoms. The van der Waals surface area contributed by atoms with E-state index in [0.717, 1.165) is 43.3 Å². The molecular weight excluding hydrogens is 268 g/mol.